The molecule has 0 aromatic heterocycles. The molecule has 0 aliphatic carbocycles. The van der Waals surface area contributed by atoms with Crippen LogP contribution in [-0.4, -0.2) is 11.9 Å². The molecule has 1 rings (SSSR count). The quantitative estimate of drug-likeness (QED) is 0.867. The molecule has 18 heavy (non-hydrogen) atoms. The lowest BCUT2D eigenvalue weighted by Crippen LogP contribution is -2.45. The van der Waals surface area contributed by atoms with E-state index in [-0.39, 0.29) is 16.3 Å². The van der Waals surface area contributed by atoms with Gasteiger partial charge in [0.05, 0.1) is 16.8 Å². The summed E-state index contributed by atoms with van der Waals surface area (Å²) in [4.78, 5) is 11.9. The Morgan fingerprint density at radius 1 is 1.50 bits per heavy atom. The maximum absolute atomic E-state index is 13.0. The van der Waals surface area contributed by atoms with Crippen LogP contribution in [0.2, 0.25) is 5.02 Å². The van der Waals surface area contributed by atoms with E-state index < -0.39 is 11.9 Å². The van der Waals surface area contributed by atoms with Gasteiger partial charge in [0.2, 0.25) is 5.91 Å². The van der Waals surface area contributed by atoms with Gasteiger partial charge in [-0.25, -0.2) is 4.39 Å². The lowest BCUT2D eigenvalue weighted by atomic mass is 9.87. The first kappa shape index (κ1) is 15.4. The van der Waals surface area contributed by atoms with Gasteiger partial charge in [0.15, 0.2) is 0 Å². The predicted molar refractivity (Wildman–Crippen MR) is 75.2 cm³/mol. The van der Waals surface area contributed by atoms with Crippen LogP contribution >= 0.6 is 27.5 Å². The van der Waals surface area contributed by atoms with Crippen molar-refractivity contribution >= 4 is 39.1 Å². The number of halogens is 3. The van der Waals surface area contributed by atoms with Crippen LogP contribution in [0.1, 0.15) is 20.8 Å². The first-order valence-corrected chi connectivity index (χ1v) is 6.51. The third kappa shape index (κ3) is 3.67. The maximum atomic E-state index is 13.0. The molecule has 0 aliphatic heterocycles. The normalized spacial score (nSPS) is 13.3. The number of carbonyl (C=O) groups excluding carboxylic acids is 1. The zero-order valence-corrected chi connectivity index (χ0v) is 12.7. The molecule has 100 valence electrons. The van der Waals surface area contributed by atoms with Crippen molar-refractivity contribution in [1.29, 1.82) is 0 Å². The molecule has 0 fully saturated rings. The number of carbonyl (C=O) groups is 1. The van der Waals surface area contributed by atoms with Gasteiger partial charge in [-0.05, 0) is 33.5 Å². The molecular formula is C12H15BrClFN2O. The molecule has 0 saturated carbocycles. The standard InChI is InChI=1S/C12H15BrClFN2O/c1-12(2,3)10(16)11(18)17-9-7(13)4-6(15)5-8(9)14/h4-5,10H,16H2,1-3H3,(H,17,18)/t10-/m0/s1. The largest absolute Gasteiger partial charge is 0.322 e. The number of hydrogen-bond acceptors (Lipinski definition) is 2. The number of nitrogens with one attached hydrogen (secondary N) is 1. The minimum Gasteiger partial charge on any atom is -0.322 e. The average Bonchev–Trinajstić information content (AvgIpc) is 2.20. The highest BCUT2D eigenvalue weighted by atomic mass is 79.9. The van der Waals surface area contributed by atoms with Crippen molar-refractivity contribution in [1.82, 2.24) is 0 Å². The van der Waals surface area contributed by atoms with Crippen LogP contribution in [0.3, 0.4) is 0 Å². The molecule has 0 radical (unpaired) electrons. The zero-order valence-electron chi connectivity index (χ0n) is 10.4. The van der Waals surface area contributed by atoms with E-state index in [2.05, 4.69) is 21.2 Å². The Bertz CT molecular complexity index is 451. The smallest absolute Gasteiger partial charge is 0.241 e. The predicted octanol–water partition coefficient (Wildman–Crippen LogP) is 3.55. The topological polar surface area (TPSA) is 55.1 Å². The molecule has 3 N–H and O–H groups in total. The van der Waals surface area contributed by atoms with E-state index in [0.717, 1.165) is 6.07 Å². The summed E-state index contributed by atoms with van der Waals surface area (Å²) < 4.78 is 13.4. The van der Waals surface area contributed by atoms with E-state index in [9.17, 15) is 9.18 Å². The van der Waals surface area contributed by atoms with Crippen molar-refractivity contribution in [2.24, 2.45) is 11.1 Å². The van der Waals surface area contributed by atoms with Crippen LogP contribution < -0.4 is 11.1 Å². The fourth-order valence-electron chi connectivity index (χ4n) is 1.26. The second-order valence-electron chi connectivity index (χ2n) is 5.08. The lowest BCUT2D eigenvalue weighted by molar-refractivity contribution is -0.119. The summed E-state index contributed by atoms with van der Waals surface area (Å²) in [5, 5.41) is 2.72. The Hall–Kier alpha value is -0.650. The third-order valence-electron chi connectivity index (χ3n) is 2.47. The highest BCUT2D eigenvalue weighted by Gasteiger charge is 2.28. The molecule has 1 aromatic rings. The van der Waals surface area contributed by atoms with Crippen molar-refractivity contribution in [3.05, 3.63) is 27.4 Å². The Morgan fingerprint density at radius 3 is 2.50 bits per heavy atom. The number of anilines is 1. The molecule has 6 heteroatoms. The Balaban J connectivity index is 2.96. The van der Waals surface area contributed by atoms with Gasteiger partial charge in [-0.15, -0.1) is 0 Å². The fourth-order valence-corrected chi connectivity index (χ4v) is 2.15. The van der Waals surface area contributed by atoms with E-state index in [0.29, 0.717) is 10.2 Å². The van der Waals surface area contributed by atoms with Gasteiger partial charge in [-0.2, -0.15) is 0 Å². The summed E-state index contributed by atoms with van der Waals surface area (Å²) in [5.74, 6) is -0.846. The number of amides is 1. The number of benzene rings is 1. The highest BCUT2D eigenvalue weighted by Crippen LogP contribution is 2.32. The molecule has 1 aromatic carbocycles. The van der Waals surface area contributed by atoms with Crippen LogP contribution in [0, 0.1) is 11.2 Å². The second-order valence-corrected chi connectivity index (χ2v) is 6.34. The summed E-state index contributed by atoms with van der Waals surface area (Å²) in [5.41, 5.74) is 5.78. The minimum absolute atomic E-state index is 0.122. The lowest BCUT2D eigenvalue weighted by Gasteiger charge is -2.26. The van der Waals surface area contributed by atoms with Gasteiger partial charge in [0, 0.05) is 4.47 Å². The summed E-state index contributed by atoms with van der Waals surface area (Å²) in [6, 6.07) is 1.67. The molecule has 3 nitrogen and oxygen atoms in total. The molecule has 0 heterocycles. The Labute approximate surface area is 119 Å². The van der Waals surface area contributed by atoms with Gasteiger partial charge >= 0.3 is 0 Å². The highest BCUT2D eigenvalue weighted by molar-refractivity contribution is 9.10. The molecule has 0 bridgehead atoms. The Kier molecular flexibility index (Phi) is 4.75. The van der Waals surface area contributed by atoms with Crippen molar-refractivity contribution in [2.45, 2.75) is 26.8 Å². The summed E-state index contributed by atoms with van der Waals surface area (Å²) in [6.07, 6.45) is 0. The van der Waals surface area contributed by atoms with Gasteiger partial charge in [0.1, 0.15) is 5.82 Å². The third-order valence-corrected chi connectivity index (χ3v) is 3.39. The summed E-state index contributed by atoms with van der Waals surface area (Å²) >= 11 is 9.02. The number of nitrogens with two attached hydrogens (primary N) is 1. The van der Waals surface area contributed by atoms with Crippen LogP contribution in [0.25, 0.3) is 0 Å². The first-order chi connectivity index (χ1) is 8.12. The van der Waals surface area contributed by atoms with Crippen molar-refractivity contribution in [3.8, 4) is 0 Å². The van der Waals surface area contributed by atoms with Gasteiger partial charge in [-0.1, -0.05) is 32.4 Å². The molecule has 0 aliphatic rings. The van der Waals surface area contributed by atoms with Crippen LogP contribution in [0.4, 0.5) is 10.1 Å². The van der Waals surface area contributed by atoms with Crippen molar-refractivity contribution in [3.63, 3.8) is 0 Å². The minimum atomic E-state index is -0.689. The van der Waals surface area contributed by atoms with Crippen molar-refractivity contribution in [2.75, 3.05) is 5.32 Å². The van der Waals surface area contributed by atoms with Crippen molar-refractivity contribution < 1.29 is 9.18 Å². The summed E-state index contributed by atoms with van der Waals surface area (Å²) in [6.45, 7) is 5.58. The van der Waals surface area contributed by atoms with Crippen LogP contribution in [0.5, 0.6) is 0 Å². The maximum Gasteiger partial charge on any atom is 0.241 e. The van der Waals surface area contributed by atoms with Gasteiger partial charge < -0.3 is 11.1 Å². The van der Waals surface area contributed by atoms with Crippen LogP contribution in [-0.2, 0) is 4.79 Å². The van der Waals surface area contributed by atoms with Gasteiger partial charge in [0.25, 0.3) is 0 Å². The van der Waals surface area contributed by atoms with E-state index >= 15 is 0 Å². The molecule has 0 spiro atoms. The molecule has 1 atom stereocenters. The Morgan fingerprint density at radius 2 is 2.06 bits per heavy atom. The van der Waals surface area contributed by atoms with E-state index in [1.165, 1.54) is 6.07 Å². The molecule has 0 unspecified atom stereocenters. The zero-order chi connectivity index (χ0) is 14.1. The second kappa shape index (κ2) is 5.55. The van der Waals surface area contributed by atoms with E-state index in [1.54, 1.807) is 0 Å². The molecule has 0 saturated heterocycles. The SMILES string of the molecule is CC(C)(C)[C@@H](N)C(=O)Nc1c(Cl)cc(F)cc1Br. The molecule has 1 amide bonds. The number of rotatable bonds is 2. The monoisotopic (exact) mass is 336 g/mol. The van der Waals surface area contributed by atoms with E-state index in [1.807, 2.05) is 20.8 Å². The summed E-state index contributed by atoms with van der Waals surface area (Å²) in [7, 11) is 0. The first-order valence-electron chi connectivity index (χ1n) is 5.34. The fraction of sp³-hybridized carbons (Fsp3) is 0.417. The van der Waals surface area contributed by atoms with E-state index in [4.69, 9.17) is 17.3 Å². The number of hydrogen-bond donors (Lipinski definition) is 2. The molecular weight excluding hydrogens is 322 g/mol. The van der Waals surface area contributed by atoms with Crippen LogP contribution in [0.15, 0.2) is 16.6 Å². The average molecular weight is 338 g/mol. The van der Waals surface area contributed by atoms with Gasteiger partial charge in [-0.3, -0.25) is 4.79 Å².